The first-order chi connectivity index (χ1) is 19.4. The Kier molecular flexibility index (Phi) is 10.2. The van der Waals surface area contributed by atoms with E-state index >= 15 is 0 Å². The number of amides is 2. The first-order valence-corrected chi connectivity index (χ1v) is 15.4. The Balaban J connectivity index is 1.55. The van der Waals surface area contributed by atoms with E-state index in [0.29, 0.717) is 46.3 Å². The van der Waals surface area contributed by atoms with Crippen LogP contribution in [-0.2, 0) is 11.2 Å². The number of halogens is 1. The van der Waals surface area contributed by atoms with Crippen molar-refractivity contribution in [3.8, 4) is 22.8 Å². The smallest absolute Gasteiger partial charge is 0.252 e. The van der Waals surface area contributed by atoms with Gasteiger partial charge in [0.2, 0.25) is 0 Å². The van der Waals surface area contributed by atoms with Crippen molar-refractivity contribution in [1.29, 1.82) is 0 Å². The monoisotopic (exact) mass is 669 g/mol. The summed E-state index contributed by atoms with van der Waals surface area (Å²) in [6.07, 6.45) is 0.693. The molecule has 1 atom stereocenters. The van der Waals surface area contributed by atoms with Gasteiger partial charge in [-0.2, -0.15) is 0 Å². The summed E-state index contributed by atoms with van der Waals surface area (Å²) in [7, 11) is 0. The highest BCUT2D eigenvalue weighted by atomic mass is 127. The fraction of sp³-hybridized carbons (Fsp3) is 0.258. The number of nitrogens with one attached hydrogen (secondary N) is 2. The number of hydrogen-bond acceptors (Lipinski definition) is 6. The van der Waals surface area contributed by atoms with Crippen LogP contribution in [0.25, 0.3) is 11.3 Å². The van der Waals surface area contributed by atoms with E-state index in [-0.39, 0.29) is 11.8 Å². The number of carbonyl (C=O) groups is 2. The molecule has 0 spiro atoms. The van der Waals surface area contributed by atoms with Gasteiger partial charge in [-0.15, -0.1) is 11.3 Å². The van der Waals surface area contributed by atoms with Crippen LogP contribution in [0.2, 0.25) is 0 Å². The summed E-state index contributed by atoms with van der Waals surface area (Å²) in [6.45, 7) is 6.38. The first-order valence-electron chi connectivity index (χ1n) is 13.1. The molecule has 7 nitrogen and oxygen atoms in total. The maximum atomic E-state index is 13.5. The second kappa shape index (κ2) is 13.8. The van der Waals surface area contributed by atoms with Gasteiger partial charge in [0.1, 0.15) is 5.54 Å². The van der Waals surface area contributed by atoms with Gasteiger partial charge in [0.15, 0.2) is 16.6 Å². The number of anilines is 1. The van der Waals surface area contributed by atoms with Crippen molar-refractivity contribution in [2.24, 2.45) is 0 Å². The molecule has 40 heavy (non-hydrogen) atoms. The topological polar surface area (TPSA) is 89.5 Å². The normalized spacial score (nSPS) is 12.3. The van der Waals surface area contributed by atoms with Crippen molar-refractivity contribution < 1.29 is 19.1 Å². The lowest BCUT2D eigenvalue weighted by molar-refractivity contribution is -0.120. The number of hydrogen-bond donors (Lipinski definition) is 2. The molecular weight excluding hydrogens is 637 g/mol. The SMILES string of the molecule is CCOc1ccc(C(=O)NC(C)(CI)C(=O)Nc2nc(-c3ccccc3)c(Cc3ccccc3)s2)cc1OCC. The van der Waals surface area contributed by atoms with Crippen LogP contribution in [0.4, 0.5) is 5.13 Å². The van der Waals surface area contributed by atoms with E-state index in [0.717, 1.165) is 21.7 Å². The molecule has 3 aromatic carbocycles. The van der Waals surface area contributed by atoms with Gasteiger partial charge in [0, 0.05) is 26.9 Å². The van der Waals surface area contributed by atoms with Gasteiger partial charge < -0.3 is 14.8 Å². The average Bonchev–Trinajstić information content (AvgIpc) is 3.36. The maximum absolute atomic E-state index is 13.5. The molecule has 4 aromatic rings. The zero-order valence-electron chi connectivity index (χ0n) is 22.7. The van der Waals surface area contributed by atoms with Crippen molar-refractivity contribution in [2.75, 3.05) is 23.0 Å². The summed E-state index contributed by atoms with van der Waals surface area (Å²) in [5.41, 5.74) is 2.17. The Hall–Kier alpha value is -3.44. The quantitative estimate of drug-likeness (QED) is 0.129. The van der Waals surface area contributed by atoms with Crippen molar-refractivity contribution in [3.05, 3.63) is 94.9 Å². The summed E-state index contributed by atoms with van der Waals surface area (Å²) in [4.78, 5) is 32.6. The molecule has 0 aliphatic heterocycles. The van der Waals surface area contributed by atoms with Gasteiger partial charge in [-0.25, -0.2) is 4.98 Å². The molecule has 0 radical (unpaired) electrons. The summed E-state index contributed by atoms with van der Waals surface area (Å²) >= 11 is 3.56. The average molecular weight is 670 g/mol. The molecule has 0 fully saturated rings. The third-order valence-electron chi connectivity index (χ3n) is 6.14. The third-order valence-corrected chi connectivity index (χ3v) is 8.63. The lowest BCUT2D eigenvalue weighted by Gasteiger charge is -2.27. The zero-order valence-corrected chi connectivity index (χ0v) is 25.7. The number of aromatic nitrogens is 1. The lowest BCUT2D eigenvalue weighted by atomic mass is 10.0. The van der Waals surface area contributed by atoms with Crippen molar-refractivity contribution >= 4 is 50.9 Å². The Morgan fingerprint density at radius 2 is 1.57 bits per heavy atom. The molecule has 1 heterocycles. The molecule has 0 bridgehead atoms. The van der Waals surface area contributed by atoms with Gasteiger partial charge in [-0.3, -0.25) is 14.9 Å². The molecule has 208 valence electrons. The highest BCUT2D eigenvalue weighted by Crippen LogP contribution is 2.34. The van der Waals surface area contributed by atoms with E-state index in [9.17, 15) is 9.59 Å². The Labute approximate surface area is 252 Å². The van der Waals surface area contributed by atoms with Gasteiger partial charge in [0.25, 0.3) is 11.8 Å². The fourth-order valence-corrected chi connectivity index (χ4v) is 5.58. The Morgan fingerprint density at radius 1 is 0.925 bits per heavy atom. The molecule has 9 heteroatoms. The summed E-state index contributed by atoms with van der Waals surface area (Å²) in [6, 6.07) is 25.1. The van der Waals surface area contributed by atoms with E-state index in [1.807, 2.05) is 62.4 Å². The summed E-state index contributed by atoms with van der Waals surface area (Å²) in [5.74, 6) is 0.331. The van der Waals surface area contributed by atoms with Gasteiger partial charge in [-0.1, -0.05) is 83.3 Å². The van der Waals surface area contributed by atoms with E-state index in [4.69, 9.17) is 14.5 Å². The number of rotatable bonds is 12. The van der Waals surface area contributed by atoms with Crippen molar-refractivity contribution in [2.45, 2.75) is 32.7 Å². The number of thiazole rings is 1. The van der Waals surface area contributed by atoms with Crippen LogP contribution in [0.15, 0.2) is 78.9 Å². The van der Waals surface area contributed by atoms with Crippen molar-refractivity contribution in [1.82, 2.24) is 10.3 Å². The highest BCUT2D eigenvalue weighted by Gasteiger charge is 2.35. The van der Waals surface area contributed by atoms with Crippen LogP contribution in [0, 0.1) is 0 Å². The Bertz CT molecular complexity index is 1450. The molecule has 0 aliphatic rings. The van der Waals surface area contributed by atoms with Crippen LogP contribution in [0.3, 0.4) is 0 Å². The number of alkyl halides is 1. The van der Waals surface area contributed by atoms with Crippen LogP contribution in [0.5, 0.6) is 11.5 Å². The van der Waals surface area contributed by atoms with Crippen LogP contribution in [-0.4, -0.2) is 40.0 Å². The van der Waals surface area contributed by atoms with Crippen LogP contribution in [0.1, 0.15) is 41.6 Å². The van der Waals surface area contributed by atoms with E-state index < -0.39 is 5.54 Å². The minimum Gasteiger partial charge on any atom is -0.490 e. The molecule has 0 saturated heterocycles. The second-order valence-corrected chi connectivity index (χ2v) is 11.1. The molecular formula is C31H32IN3O4S. The predicted molar refractivity (Wildman–Crippen MR) is 169 cm³/mol. The molecule has 2 amide bonds. The molecule has 1 aromatic heterocycles. The molecule has 0 saturated carbocycles. The lowest BCUT2D eigenvalue weighted by Crippen LogP contribution is -2.56. The molecule has 1 unspecified atom stereocenters. The first kappa shape index (κ1) is 29.5. The second-order valence-electron chi connectivity index (χ2n) is 9.22. The minimum atomic E-state index is -1.18. The Morgan fingerprint density at radius 3 is 2.23 bits per heavy atom. The van der Waals surface area contributed by atoms with E-state index in [2.05, 4.69) is 45.4 Å². The number of ether oxygens (including phenoxy) is 2. The zero-order chi connectivity index (χ0) is 28.5. The molecule has 4 rings (SSSR count). The minimum absolute atomic E-state index is 0.342. The van der Waals surface area contributed by atoms with Gasteiger partial charge >= 0.3 is 0 Å². The van der Waals surface area contributed by atoms with Crippen LogP contribution < -0.4 is 20.1 Å². The fourth-order valence-electron chi connectivity index (χ4n) is 4.03. The highest BCUT2D eigenvalue weighted by molar-refractivity contribution is 14.1. The standard InChI is InChI=1S/C31H32IN3O4S/c1-4-38-24-17-16-23(19-25(24)39-5-2)28(36)35-31(3,20-32)29(37)34-30-33-27(22-14-10-7-11-15-22)26(40-30)18-21-12-8-6-9-13-21/h6-17,19H,4-5,18,20H2,1-3H3,(H,35,36)(H,33,34,37). The maximum Gasteiger partial charge on any atom is 0.252 e. The van der Waals surface area contributed by atoms with Crippen LogP contribution >= 0.6 is 33.9 Å². The number of benzene rings is 3. The number of nitrogens with zero attached hydrogens (tertiary/aromatic N) is 1. The van der Waals surface area contributed by atoms with Crippen molar-refractivity contribution in [3.63, 3.8) is 0 Å². The molecule has 0 aliphatic carbocycles. The van der Waals surface area contributed by atoms with Gasteiger partial charge in [0.05, 0.1) is 18.9 Å². The third kappa shape index (κ3) is 7.19. The number of carbonyl (C=O) groups excluding carboxylic acids is 2. The largest absolute Gasteiger partial charge is 0.490 e. The predicted octanol–water partition coefficient (Wildman–Crippen LogP) is 6.76. The summed E-state index contributed by atoms with van der Waals surface area (Å²) < 4.78 is 11.6. The summed E-state index contributed by atoms with van der Waals surface area (Å²) in [5, 5.41) is 6.37. The van der Waals surface area contributed by atoms with Gasteiger partial charge in [-0.05, 0) is 44.5 Å². The van der Waals surface area contributed by atoms with E-state index in [1.54, 1.807) is 25.1 Å². The molecule has 2 N–H and O–H groups in total. The van der Waals surface area contributed by atoms with E-state index in [1.165, 1.54) is 11.3 Å².